The predicted molar refractivity (Wildman–Crippen MR) is 221 cm³/mol. The molecule has 0 saturated carbocycles. The SMILES string of the molecule is CCCCCCCCCCCCCCCCCC(c1ccc(O)c(CCCCCCCCC)c1)c1ccc(O)c(CCCCCCCCC)c1. The molecular formula is C48H82O2. The molecule has 0 fully saturated rings. The molecule has 286 valence electrons. The molecule has 0 aromatic heterocycles. The van der Waals surface area contributed by atoms with Gasteiger partial charge in [0.05, 0.1) is 0 Å². The van der Waals surface area contributed by atoms with Crippen LogP contribution in [-0.2, 0) is 12.8 Å². The third-order valence-corrected chi connectivity index (χ3v) is 11.2. The Morgan fingerprint density at radius 3 is 0.960 bits per heavy atom. The molecule has 0 amide bonds. The molecule has 2 nitrogen and oxygen atoms in total. The van der Waals surface area contributed by atoms with Crippen molar-refractivity contribution in [3.05, 3.63) is 58.7 Å². The van der Waals surface area contributed by atoms with E-state index in [4.69, 9.17) is 0 Å². The van der Waals surface area contributed by atoms with E-state index in [2.05, 4.69) is 45.0 Å². The number of unbranched alkanes of at least 4 members (excludes halogenated alkanes) is 26. The summed E-state index contributed by atoms with van der Waals surface area (Å²) in [5.41, 5.74) is 4.89. The van der Waals surface area contributed by atoms with E-state index in [0.717, 1.165) is 43.2 Å². The van der Waals surface area contributed by atoms with Crippen molar-refractivity contribution in [2.24, 2.45) is 0 Å². The molecule has 2 rings (SSSR count). The van der Waals surface area contributed by atoms with Crippen LogP contribution in [0.1, 0.15) is 242 Å². The third-order valence-electron chi connectivity index (χ3n) is 11.2. The van der Waals surface area contributed by atoms with Crippen LogP contribution in [0.2, 0.25) is 0 Å². The van der Waals surface area contributed by atoms with E-state index in [0.29, 0.717) is 17.4 Å². The van der Waals surface area contributed by atoms with Gasteiger partial charge in [-0.3, -0.25) is 0 Å². The fraction of sp³-hybridized carbons (Fsp3) is 0.750. The van der Waals surface area contributed by atoms with Crippen molar-refractivity contribution in [3.63, 3.8) is 0 Å². The lowest BCUT2D eigenvalue weighted by Gasteiger charge is -2.21. The van der Waals surface area contributed by atoms with Gasteiger partial charge in [-0.25, -0.2) is 0 Å². The molecule has 0 atom stereocenters. The molecule has 2 N–H and O–H groups in total. The van der Waals surface area contributed by atoms with E-state index in [9.17, 15) is 10.2 Å². The monoisotopic (exact) mass is 691 g/mol. The number of phenolic OH excluding ortho intramolecular Hbond substituents is 2. The third kappa shape index (κ3) is 20.8. The van der Waals surface area contributed by atoms with Gasteiger partial charge in [0.2, 0.25) is 0 Å². The van der Waals surface area contributed by atoms with Gasteiger partial charge >= 0.3 is 0 Å². The van der Waals surface area contributed by atoms with Crippen LogP contribution in [0.5, 0.6) is 11.5 Å². The first kappa shape index (κ1) is 44.2. The Hall–Kier alpha value is -1.96. The van der Waals surface area contributed by atoms with E-state index in [1.165, 1.54) is 184 Å². The topological polar surface area (TPSA) is 40.5 Å². The number of phenols is 2. The van der Waals surface area contributed by atoms with E-state index < -0.39 is 0 Å². The highest BCUT2D eigenvalue weighted by Gasteiger charge is 2.18. The van der Waals surface area contributed by atoms with Crippen molar-refractivity contribution >= 4 is 0 Å². The van der Waals surface area contributed by atoms with E-state index >= 15 is 0 Å². The minimum absolute atomic E-state index is 0.304. The highest BCUT2D eigenvalue weighted by atomic mass is 16.3. The van der Waals surface area contributed by atoms with Gasteiger partial charge in [-0.2, -0.15) is 0 Å². The second-order valence-electron chi connectivity index (χ2n) is 15.8. The normalized spacial score (nSPS) is 11.6. The van der Waals surface area contributed by atoms with Crippen LogP contribution in [0.4, 0.5) is 0 Å². The molecule has 0 aliphatic rings. The maximum absolute atomic E-state index is 10.8. The quantitative estimate of drug-likeness (QED) is 0.0718. The molecule has 0 spiro atoms. The maximum Gasteiger partial charge on any atom is 0.118 e. The number of aromatic hydroxyl groups is 2. The van der Waals surface area contributed by atoms with Gasteiger partial charge in [-0.05, 0) is 66.5 Å². The zero-order valence-corrected chi connectivity index (χ0v) is 33.6. The Kier molecular flexibility index (Phi) is 27.1. The zero-order chi connectivity index (χ0) is 35.9. The molecule has 50 heavy (non-hydrogen) atoms. The molecule has 2 heteroatoms. The van der Waals surface area contributed by atoms with Crippen LogP contribution >= 0.6 is 0 Å². The maximum atomic E-state index is 10.8. The van der Waals surface area contributed by atoms with E-state index in [1.54, 1.807) is 0 Å². The number of hydrogen-bond donors (Lipinski definition) is 2. The molecule has 0 saturated heterocycles. The number of rotatable bonds is 34. The second kappa shape index (κ2) is 30.6. The molecule has 0 aliphatic heterocycles. The summed E-state index contributed by atoms with van der Waals surface area (Å²) in [6, 6.07) is 12.9. The lowest BCUT2D eigenvalue weighted by atomic mass is 9.84. The first-order chi connectivity index (χ1) is 24.6. The zero-order valence-electron chi connectivity index (χ0n) is 33.6. The number of benzene rings is 2. The van der Waals surface area contributed by atoms with Gasteiger partial charge in [0.15, 0.2) is 0 Å². The van der Waals surface area contributed by atoms with Crippen molar-refractivity contribution < 1.29 is 10.2 Å². The average molecular weight is 691 g/mol. The highest BCUT2D eigenvalue weighted by molar-refractivity contribution is 5.44. The summed E-state index contributed by atoms with van der Waals surface area (Å²) in [6.45, 7) is 6.85. The first-order valence-corrected chi connectivity index (χ1v) is 22.2. The molecule has 0 unspecified atom stereocenters. The van der Waals surface area contributed by atoms with Gasteiger partial charge in [0.1, 0.15) is 11.5 Å². The van der Waals surface area contributed by atoms with Crippen molar-refractivity contribution in [2.75, 3.05) is 0 Å². The van der Waals surface area contributed by atoms with Crippen LogP contribution in [-0.4, -0.2) is 10.2 Å². The Balaban J connectivity index is 1.92. The Bertz CT molecular complexity index is 991. The fourth-order valence-corrected chi connectivity index (χ4v) is 7.84. The lowest BCUT2D eigenvalue weighted by Crippen LogP contribution is -2.04. The second-order valence-corrected chi connectivity index (χ2v) is 15.8. The summed E-state index contributed by atoms with van der Waals surface area (Å²) in [5, 5.41) is 21.6. The molecule has 2 aromatic rings. The smallest absolute Gasteiger partial charge is 0.118 e. The number of aryl methyl sites for hydroxylation is 2. The molecule has 0 heterocycles. The Labute approximate surface area is 311 Å². The van der Waals surface area contributed by atoms with Crippen molar-refractivity contribution in [1.82, 2.24) is 0 Å². The lowest BCUT2D eigenvalue weighted by molar-refractivity contribution is 0.464. The van der Waals surface area contributed by atoms with Crippen LogP contribution in [0, 0.1) is 0 Å². The van der Waals surface area contributed by atoms with Crippen molar-refractivity contribution in [3.8, 4) is 11.5 Å². The summed E-state index contributed by atoms with van der Waals surface area (Å²) < 4.78 is 0. The minimum atomic E-state index is 0.304. The van der Waals surface area contributed by atoms with Gasteiger partial charge in [-0.1, -0.05) is 218 Å². The van der Waals surface area contributed by atoms with Gasteiger partial charge in [0, 0.05) is 5.92 Å². The minimum Gasteiger partial charge on any atom is -0.508 e. The fourth-order valence-electron chi connectivity index (χ4n) is 7.84. The van der Waals surface area contributed by atoms with E-state index in [1.807, 2.05) is 12.1 Å². The van der Waals surface area contributed by atoms with E-state index in [-0.39, 0.29) is 0 Å². The molecule has 2 aromatic carbocycles. The van der Waals surface area contributed by atoms with Gasteiger partial charge in [-0.15, -0.1) is 0 Å². The summed E-state index contributed by atoms with van der Waals surface area (Å²) in [4.78, 5) is 0. The van der Waals surface area contributed by atoms with Crippen LogP contribution in [0.3, 0.4) is 0 Å². The number of hydrogen-bond acceptors (Lipinski definition) is 2. The summed E-state index contributed by atoms with van der Waals surface area (Å²) in [7, 11) is 0. The average Bonchev–Trinajstić information content (AvgIpc) is 3.12. The summed E-state index contributed by atoms with van der Waals surface area (Å²) in [5.74, 6) is 1.21. The van der Waals surface area contributed by atoms with Gasteiger partial charge in [0.25, 0.3) is 0 Å². The van der Waals surface area contributed by atoms with Gasteiger partial charge < -0.3 is 10.2 Å². The van der Waals surface area contributed by atoms with Crippen molar-refractivity contribution in [1.29, 1.82) is 0 Å². The molecular weight excluding hydrogens is 609 g/mol. The predicted octanol–water partition coefficient (Wildman–Crippen LogP) is 16.1. The van der Waals surface area contributed by atoms with Crippen LogP contribution in [0.15, 0.2) is 36.4 Å². The Morgan fingerprint density at radius 2 is 0.640 bits per heavy atom. The van der Waals surface area contributed by atoms with Crippen molar-refractivity contribution in [2.45, 2.75) is 232 Å². The molecule has 0 aliphatic carbocycles. The highest BCUT2D eigenvalue weighted by Crippen LogP contribution is 2.36. The van der Waals surface area contributed by atoms with Crippen LogP contribution in [0.25, 0.3) is 0 Å². The summed E-state index contributed by atoms with van der Waals surface area (Å²) >= 11 is 0. The van der Waals surface area contributed by atoms with Crippen LogP contribution < -0.4 is 0 Å². The first-order valence-electron chi connectivity index (χ1n) is 22.2. The Morgan fingerprint density at radius 1 is 0.360 bits per heavy atom. The largest absolute Gasteiger partial charge is 0.508 e. The molecule has 0 radical (unpaired) electrons. The summed E-state index contributed by atoms with van der Waals surface area (Å²) in [6.07, 6.45) is 41.9. The standard InChI is InChI=1S/C48H82O2/c1-4-7-10-13-16-17-18-19-20-21-22-23-26-29-32-35-46(42-36-38-47(49)44(40-42)33-30-27-24-14-11-8-5-2)43-37-39-48(50)45(41-43)34-31-28-25-15-12-9-6-3/h36-41,46,49-50H,4-35H2,1-3H3. The molecule has 0 bridgehead atoms.